The van der Waals surface area contributed by atoms with Crippen molar-refractivity contribution in [2.75, 3.05) is 36.1 Å². The lowest BCUT2D eigenvalue weighted by atomic mass is 10.0. The summed E-state index contributed by atoms with van der Waals surface area (Å²) in [6.07, 6.45) is -11.2. The van der Waals surface area contributed by atoms with Crippen LogP contribution in [0.1, 0.15) is 66.1 Å². The van der Waals surface area contributed by atoms with Crippen molar-refractivity contribution >= 4 is 55.9 Å². The second kappa shape index (κ2) is 17.2. The van der Waals surface area contributed by atoms with Crippen molar-refractivity contribution in [1.82, 2.24) is 29.6 Å². The molecule has 1 saturated heterocycles. The fourth-order valence-electron chi connectivity index (χ4n) is 8.82. The van der Waals surface area contributed by atoms with E-state index < -0.39 is 139 Å². The molecule has 15 nitrogen and oxygen atoms in total. The average molecular weight is 1010 g/mol. The molecule has 0 bridgehead atoms. The van der Waals surface area contributed by atoms with E-state index in [0.717, 1.165) is 24.3 Å². The van der Waals surface area contributed by atoms with Crippen LogP contribution in [-0.4, -0.2) is 88.8 Å². The minimum absolute atomic E-state index is 0.201. The molecule has 1 aliphatic heterocycles. The summed E-state index contributed by atoms with van der Waals surface area (Å²) in [5.41, 5.74) is -1.25. The van der Waals surface area contributed by atoms with E-state index in [9.17, 15) is 48.3 Å². The Hall–Kier alpha value is -6.02. The number of amides is 1. The summed E-state index contributed by atoms with van der Waals surface area (Å²) < 4.78 is 180. The van der Waals surface area contributed by atoms with E-state index in [2.05, 4.69) is 30.1 Å². The van der Waals surface area contributed by atoms with Gasteiger partial charge < -0.3 is 26.0 Å². The number of nitrogens with two attached hydrogens (primary N) is 1. The molecule has 5 aromatic rings. The number of halogens is 11. The number of nitrogens with zero attached hydrogens (tertiary/aromatic N) is 7. The Morgan fingerprint density at radius 2 is 1.69 bits per heavy atom. The number of rotatable bonds is 12. The van der Waals surface area contributed by atoms with E-state index in [1.807, 2.05) is 0 Å². The number of sulfonamides is 1. The third-order valence-electron chi connectivity index (χ3n) is 11.3. The third kappa shape index (κ3) is 9.66. The number of ether oxygens (including phenoxy) is 1. The number of fused-ring (bicyclic) bond motifs is 4. The van der Waals surface area contributed by atoms with Crippen LogP contribution in [0.4, 0.5) is 55.4 Å². The molecule has 3 aliphatic rings. The molecule has 2 fully saturated rings. The summed E-state index contributed by atoms with van der Waals surface area (Å²) in [5.74, 6) is -11.5. The smallest absolute Gasteiger partial charge is 0.382 e. The Balaban J connectivity index is 1.37. The first-order valence-electron chi connectivity index (χ1n) is 20.4. The standard InChI is InChI=1S/C41H37ClF10N10O5S/c1-17-13-60(14-18(2)67-17)28-7-4-22-36(56-28)57-37(62(38(22)64)27-6-5-25(42)31(35(53)59-68(3,65)66)32(27)54-16-39(45,46)47)26(10-19-8-20(43)11-21(44)9-19)55-29(63)15-61-34-30(33(58-61)41(50,51)52)23-12-24(23)40(34,48)49/h4-9,11,17-18,23-24,26,54H,10,12-16H2,1-3H3,(H2,53,59)(H,55,63)/t17-,18+,23-,24+,26-/m0/s1. The van der Waals surface area contributed by atoms with Gasteiger partial charge in [-0.25, -0.2) is 27.2 Å². The van der Waals surface area contributed by atoms with Gasteiger partial charge in [-0.3, -0.25) is 18.8 Å². The number of hydrogen-bond donors (Lipinski definition) is 3. The molecule has 0 unspecified atom stereocenters. The summed E-state index contributed by atoms with van der Waals surface area (Å²) in [6.45, 7) is 1.03. The van der Waals surface area contributed by atoms with Crippen LogP contribution in [-0.2, 0) is 44.6 Å². The Labute approximate surface area is 383 Å². The number of aromatic nitrogens is 5. The van der Waals surface area contributed by atoms with Crippen LogP contribution in [0.3, 0.4) is 0 Å². The van der Waals surface area contributed by atoms with Crippen molar-refractivity contribution in [3.63, 3.8) is 0 Å². The maximum absolute atomic E-state index is 15.6. The van der Waals surface area contributed by atoms with Gasteiger partial charge in [0.15, 0.2) is 11.3 Å². The zero-order valence-electron chi connectivity index (χ0n) is 35.5. The molecular formula is C41H37ClF10N10O5S. The lowest BCUT2D eigenvalue weighted by Gasteiger charge is -2.36. The number of pyridine rings is 1. The number of carbonyl (C=O) groups excluding carboxylic acids is 1. The average Bonchev–Trinajstić information content (AvgIpc) is 3.86. The second-order valence-corrected chi connectivity index (χ2v) is 18.8. The number of nitrogens with one attached hydrogen (secondary N) is 2. The monoisotopic (exact) mass is 1010 g/mol. The van der Waals surface area contributed by atoms with Crippen LogP contribution in [0, 0.1) is 17.6 Å². The topological polar surface area (TPSA) is 192 Å². The molecule has 8 rings (SSSR count). The van der Waals surface area contributed by atoms with Gasteiger partial charge in [0.05, 0.1) is 51.9 Å². The van der Waals surface area contributed by atoms with Gasteiger partial charge in [0.1, 0.15) is 47.9 Å². The van der Waals surface area contributed by atoms with Crippen molar-refractivity contribution < 1.29 is 61.9 Å². The molecule has 4 N–H and O–H groups in total. The van der Waals surface area contributed by atoms with Crippen molar-refractivity contribution in [2.45, 2.75) is 75.7 Å². The highest BCUT2D eigenvalue weighted by atomic mass is 35.5. The summed E-state index contributed by atoms with van der Waals surface area (Å²) >= 11 is 6.43. The van der Waals surface area contributed by atoms with E-state index in [1.54, 1.807) is 18.7 Å². The van der Waals surface area contributed by atoms with E-state index in [4.69, 9.17) is 22.1 Å². The SMILES string of the molecule is C[C@@H]1CN(c2ccc3c(=O)n(-c4ccc(Cl)c(C(N)=NS(C)(=O)=O)c4NCC(F)(F)F)c([C@H](Cc4cc(F)cc(F)c4)NC(=O)Cn4nc(C(F)(F)F)c5c4C(F)(F)[C@@H]4C[C@H]54)nc3n2)C[C@H](C)O1. The van der Waals surface area contributed by atoms with Gasteiger partial charge in [-0.05, 0) is 68.1 Å². The number of morpholine rings is 1. The minimum atomic E-state index is -5.21. The van der Waals surface area contributed by atoms with E-state index >= 15 is 13.6 Å². The summed E-state index contributed by atoms with van der Waals surface area (Å²) in [6, 6.07) is 4.97. The molecule has 68 heavy (non-hydrogen) atoms. The quantitative estimate of drug-likeness (QED) is 0.0704. The predicted octanol–water partition coefficient (Wildman–Crippen LogP) is 6.49. The van der Waals surface area contributed by atoms with Gasteiger partial charge in [0, 0.05) is 37.1 Å². The number of amidine groups is 1. The van der Waals surface area contributed by atoms with Crippen molar-refractivity contribution in [3.8, 4) is 5.69 Å². The molecular weight excluding hydrogens is 970 g/mol. The van der Waals surface area contributed by atoms with Crippen LogP contribution >= 0.6 is 11.6 Å². The Kier molecular flexibility index (Phi) is 12.2. The van der Waals surface area contributed by atoms with Gasteiger partial charge in [-0.1, -0.05) is 11.6 Å². The van der Waals surface area contributed by atoms with Gasteiger partial charge in [0.25, 0.3) is 21.5 Å². The van der Waals surface area contributed by atoms with Crippen molar-refractivity contribution in [2.24, 2.45) is 16.0 Å². The van der Waals surface area contributed by atoms with Crippen LogP contribution in [0.25, 0.3) is 16.7 Å². The number of anilines is 2. The molecule has 0 radical (unpaired) electrons. The molecule has 4 heterocycles. The molecule has 5 atom stereocenters. The number of benzene rings is 2. The van der Waals surface area contributed by atoms with E-state index in [1.165, 1.54) is 12.1 Å². The molecule has 1 saturated carbocycles. The molecule has 2 aliphatic carbocycles. The maximum atomic E-state index is 15.6. The highest BCUT2D eigenvalue weighted by Gasteiger charge is 2.68. The highest BCUT2D eigenvalue weighted by molar-refractivity contribution is 7.89. The predicted molar refractivity (Wildman–Crippen MR) is 225 cm³/mol. The van der Waals surface area contributed by atoms with Crippen LogP contribution in [0.15, 0.2) is 51.7 Å². The minimum Gasteiger partial charge on any atom is -0.382 e. The number of hydrogen-bond acceptors (Lipinski definition) is 10. The lowest BCUT2D eigenvalue weighted by molar-refractivity contribution is -0.142. The summed E-state index contributed by atoms with van der Waals surface area (Å²) in [5, 5.41) is 7.07. The molecule has 0 spiro atoms. The number of alkyl halides is 8. The largest absolute Gasteiger partial charge is 0.435 e. The van der Waals surface area contributed by atoms with Crippen molar-refractivity contribution in [3.05, 3.63) is 103 Å². The van der Waals surface area contributed by atoms with Crippen LogP contribution in [0.2, 0.25) is 5.02 Å². The molecule has 3 aromatic heterocycles. The first-order valence-corrected chi connectivity index (χ1v) is 22.7. The number of carbonyl (C=O) groups is 1. The van der Waals surface area contributed by atoms with Gasteiger partial charge in [-0.15, -0.1) is 4.40 Å². The zero-order valence-corrected chi connectivity index (χ0v) is 37.1. The maximum Gasteiger partial charge on any atom is 0.435 e. The first-order chi connectivity index (χ1) is 31.6. The van der Waals surface area contributed by atoms with E-state index in [-0.39, 0.29) is 45.7 Å². The fourth-order valence-corrected chi connectivity index (χ4v) is 9.52. The Morgan fingerprint density at radius 1 is 1.03 bits per heavy atom. The molecule has 1 amide bonds. The third-order valence-corrected chi connectivity index (χ3v) is 12.2. The molecule has 2 aromatic carbocycles. The molecule has 27 heteroatoms. The van der Waals surface area contributed by atoms with E-state index in [0.29, 0.717) is 30.0 Å². The first kappa shape index (κ1) is 48.4. The fraction of sp³-hybridized carbons (Fsp3) is 0.415. The second-order valence-electron chi connectivity index (χ2n) is 16.7. The van der Waals surface area contributed by atoms with Gasteiger partial charge in [0.2, 0.25) is 5.91 Å². The molecule has 364 valence electrons. The summed E-state index contributed by atoms with van der Waals surface area (Å²) in [7, 11) is -4.38. The van der Waals surface area contributed by atoms with Crippen LogP contribution in [0.5, 0.6) is 0 Å². The van der Waals surface area contributed by atoms with Gasteiger partial charge >= 0.3 is 12.4 Å². The van der Waals surface area contributed by atoms with Crippen molar-refractivity contribution in [1.29, 1.82) is 0 Å². The summed E-state index contributed by atoms with van der Waals surface area (Å²) in [4.78, 5) is 40.2. The van der Waals surface area contributed by atoms with Crippen LogP contribution < -0.4 is 26.8 Å². The lowest BCUT2D eigenvalue weighted by Crippen LogP contribution is -2.45. The van der Waals surface area contributed by atoms with Gasteiger partial charge in [-0.2, -0.15) is 40.2 Å². The Bertz CT molecular complexity index is 3040. The Morgan fingerprint density at radius 3 is 2.31 bits per heavy atom. The highest BCUT2D eigenvalue weighted by Crippen LogP contribution is 2.68. The zero-order chi connectivity index (χ0) is 49.6. The normalized spacial score (nSPS) is 20.9.